The minimum absolute atomic E-state index is 0.00889. The number of carbonyl (C=O) groups is 1. The van der Waals surface area contributed by atoms with Crippen LogP contribution >= 0.6 is 0 Å². The number of nitrogens with zero attached hydrogens (tertiary/aromatic N) is 2. The van der Waals surface area contributed by atoms with Crippen LogP contribution in [0.5, 0.6) is 0 Å². The Hall–Kier alpha value is -1.91. The molecule has 19 heavy (non-hydrogen) atoms. The van der Waals surface area contributed by atoms with Crippen LogP contribution < -0.4 is 0 Å². The zero-order valence-electron chi connectivity index (χ0n) is 10.7. The van der Waals surface area contributed by atoms with Gasteiger partial charge in [-0.2, -0.15) is 0 Å². The SMILES string of the molecule is O=C(c1ccc([N+](=O)[O-])cc1)N1CCC2(CC1)CC2. The molecule has 0 radical (unpaired) electrons. The highest BCUT2D eigenvalue weighted by molar-refractivity contribution is 5.94. The van der Waals surface area contributed by atoms with Gasteiger partial charge in [-0.05, 0) is 43.2 Å². The summed E-state index contributed by atoms with van der Waals surface area (Å²) in [4.78, 5) is 24.3. The van der Waals surface area contributed by atoms with Crippen molar-refractivity contribution in [2.45, 2.75) is 25.7 Å². The summed E-state index contributed by atoms with van der Waals surface area (Å²) in [6.45, 7) is 1.63. The Morgan fingerprint density at radius 1 is 1.11 bits per heavy atom. The molecule has 1 aliphatic carbocycles. The highest BCUT2D eigenvalue weighted by Crippen LogP contribution is 2.53. The summed E-state index contributed by atoms with van der Waals surface area (Å²) in [5.41, 5.74) is 1.11. The molecule has 1 aromatic carbocycles. The highest BCUT2D eigenvalue weighted by Gasteiger charge is 2.45. The van der Waals surface area contributed by atoms with E-state index in [1.165, 1.54) is 25.0 Å². The fraction of sp³-hybridized carbons (Fsp3) is 0.500. The molecule has 100 valence electrons. The molecule has 1 saturated carbocycles. The van der Waals surface area contributed by atoms with Gasteiger partial charge in [-0.25, -0.2) is 0 Å². The number of hydrogen-bond donors (Lipinski definition) is 0. The van der Waals surface area contributed by atoms with Crippen LogP contribution in [0.2, 0.25) is 0 Å². The van der Waals surface area contributed by atoms with Gasteiger partial charge in [0.15, 0.2) is 0 Å². The highest BCUT2D eigenvalue weighted by atomic mass is 16.6. The van der Waals surface area contributed by atoms with Crippen LogP contribution in [0.4, 0.5) is 5.69 Å². The van der Waals surface area contributed by atoms with E-state index < -0.39 is 4.92 Å². The minimum atomic E-state index is -0.452. The van der Waals surface area contributed by atoms with E-state index in [9.17, 15) is 14.9 Å². The van der Waals surface area contributed by atoms with Crippen LogP contribution in [-0.2, 0) is 0 Å². The van der Waals surface area contributed by atoms with Crippen molar-refractivity contribution in [3.63, 3.8) is 0 Å². The third kappa shape index (κ3) is 2.32. The molecule has 1 amide bonds. The Morgan fingerprint density at radius 3 is 2.16 bits per heavy atom. The van der Waals surface area contributed by atoms with Crippen LogP contribution in [0, 0.1) is 15.5 Å². The second-order valence-electron chi connectivity index (χ2n) is 5.60. The van der Waals surface area contributed by atoms with E-state index in [1.54, 1.807) is 12.1 Å². The van der Waals surface area contributed by atoms with Crippen LogP contribution in [-0.4, -0.2) is 28.8 Å². The number of nitro benzene ring substituents is 1. The Balaban J connectivity index is 1.68. The number of carbonyl (C=O) groups excluding carboxylic acids is 1. The maximum Gasteiger partial charge on any atom is 0.269 e. The molecule has 2 aliphatic rings. The summed E-state index contributed by atoms with van der Waals surface area (Å²) >= 11 is 0. The molecular formula is C14H16N2O3. The molecule has 0 unspecified atom stereocenters. The molecule has 1 aliphatic heterocycles. The van der Waals surface area contributed by atoms with E-state index in [-0.39, 0.29) is 11.6 Å². The molecule has 1 spiro atoms. The maximum atomic E-state index is 12.3. The lowest BCUT2D eigenvalue weighted by atomic mass is 9.93. The number of hydrogen-bond acceptors (Lipinski definition) is 3. The summed E-state index contributed by atoms with van der Waals surface area (Å²) in [7, 11) is 0. The second kappa shape index (κ2) is 4.33. The molecule has 1 heterocycles. The van der Waals surface area contributed by atoms with Crippen LogP contribution in [0.25, 0.3) is 0 Å². The Morgan fingerprint density at radius 2 is 1.68 bits per heavy atom. The molecule has 0 bridgehead atoms. The number of nitro groups is 1. The van der Waals surface area contributed by atoms with Crippen molar-refractivity contribution >= 4 is 11.6 Å². The van der Waals surface area contributed by atoms with Crippen molar-refractivity contribution in [2.75, 3.05) is 13.1 Å². The van der Waals surface area contributed by atoms with E-state index in [2.05, 4.69) is 0 Å². The van der Waals surface area contributed by atoms with Crippen molar-refractivity contribution < 1.29 is 9.72 Å². The third-order valence-electron chi connectivity index (χ3n) is 4.39. The van der Waals surface area contributed by atoms with Crippen molar-refractivity contribution in [2.24, 2.45) is 5.41 Å². The topological polar surface area (TPSA) is 63.4 Å². The quantitative estimate of drug-likeness (QED) is 0.606. The molecular weight excluding hydrogens is 244 g/mol. The van der Waals surface area contributed by atoms with Gasteiger partial charge in [-0.15, -0.1) is 0 Å². The molecule has 5 heteroatoms. The maximum absolute atomic E-state index is 12.3. The van der Waals surface area contributed by atoms with Crippen LogP contribution in [0.1, 0.15) is 36.0 Å². The van der Waals surface area contributed by atoms with E-state index in [0.29, 0.717) is 11.0 Å². The first-order valence-electron chi connectivity index (χ1n) is 6.63. The lowest BCUT2D eigenvalue weighted by Gasteiger charge is -2.32. The molecule has 0 N–H and O–H groups in total. The van der Waals surface area contributed by atoms with Gasteiger partial charge in [0.25, 0.3) is 11.6 Å². The van der Waals surface area contributed by atoms with E-state index >= 15 is 0 Å². The first-order chi connectivity index (χ1) is 9.10. The molecule has 2 fully saturated rings. The van der Waals surface area contributed by atoms with Crippen molar-refractivity contribution in [1.29, 1.82) is 0 Å². The van der Waals surface area contributed by atoms with Gasteiger partial charge in [0.2, 0.25) is 0 Å². The summed E-state index contributed by atoms with van der Waals surface area (Å²) in [5.74, 6) is -0.00889. The van der Waals surface area contributed by atoms with Gasteiger partial charge in [0.1, 0.15) is 0 Å². The summed E-state index contributed by atoms with van der Waals surface area (Å²) < 4.78 is 0. The Labute approximate surface area is 111 Å². The molecule has 0 aromatic heterocycles. The normalized spacial score (nSPS) is 20.3. The molecule has 5 nitrogen and oxygen atoms in total. The molecule has 1 saturated heterocycles. The van der Waals surface area contributed by atoms with Crippen molar-refractivity contribution in [1.82, 2.24) is 4.90 Å². The van der Waals surface area contributed by atoms with Crippen LogP contribution in [0.15, 0.2) is 24.3 Å². The summed E-state index contributed by atoms with van der Waals surface area (Å²) in [5, 5.41) is 10.6. The number of non-ortho nitro benzene ring substituents is 1. The monoisotopic (exact) mass is 260 g/mol. The standard InChI is InChI=1S/C14H16N2O3/c17-13(11-1-3-12(4-2-11)16(18)19)15-9-7-14(5-6-14)8-10-15/h1-4H,5-10H2. The fourth-order valence-corrected chi connectivity index (χ4v) is 2.77. The average molecular weight is 260 g/mol. The summed E-state index contributed by atoms with van der Waals surface area (Å²) in [6.07, 6.45) is 4.83. The van der Waals surface area contributed by atoms with Crippen LogP contribution in [0.3, 0.4) is 0 Å². The van der Waals surface area contributed by atoms with Crippen molar-refractivity contribution in [3.8, 4) is 0 Å². The molecule has 0 atom stereocenters. The minimum Gasteiger partial charge on any atom is -0.339 e. The van der Waals surface area contributed by atoms with Crippen molar-refractivity contribution in [3.05, 3.63) is 39.9 Å². The average Bonchev–Trinajstić information content (AvgIpc) is 3.18. The summed E-state index contributed by atoms with van der Waals surface area (Å²) in [6, 6.07) is 5.86. The number of benzene rings is 1. The van der Waals surface area contributed by atoms with Gasteiger partial charge >= 0.3 is 0 Å². The predicted octanol–water partition coefficient (Wildman–Crippen LogP) is 2.61. The van der Waals surface area contributed by atoms with Gasteiger partial charge in [-0.1, -0.05) is 0 Å². The zero-order valence-corrected chi connectivity index (χ0v) is 10.7. The number of rotatable bonds is 2. The zero-order chi connectivity index (χ0) is 13.5. The van der Waals surface area contributed by atoms with Gasteiger partial charge in [0.05, 0.1) is 4.92 Å². The number of piperidine rings is 1. The third-order valence-corrected chi connectivity index (χ3v) is 4.39. The Bertz CT molecular complexity index is 510. The first-order valence-corrected chi connectivity index (χ1v) is 6.63. The Kier molecular flexibility index (Phi) is 2.77. The number of likely N-dealkylation sites (tertiary alicyclic amines) is 1. The van der Waals surface area contributed by atoms with E-state index in [4.69, 9.17) is 0 Å². The fourth-order valence-electron chi connectivity index (χ4n) is 2.77. The van der Waals surface area contributed by atoms with Gasteiger partial charge in [-0.3, -0.25) is 14.9 Å². The van der Waals surface area contributed by atoms with Gasteiger partial charge in [0, 0.05) is 30.8 Å². The lowest BCUT2D eigenvalue weighted by molar-refractivity contribution is -0.384. The first kappa shape index (κ1) is 12.1. The van der Waals surface area contributed by atoms with E-state index in [1.807, 2.05) is 4.90 Å². The van der Waals surface area contributed by atoms with E-state index in [0.717, 1.165) is 25.9 Å². The molecule has 1 aromatic rings. The molecule has 3 rings (SSSR count). The largest absolute Gasteiger partial charge is 0.339 e. The second-order valence-corrected chi connectivity index (χ2v) is 5.60. The number of amides is 1. The predicted molar refractivity (Wildman–Crippen MR) is 69.9 cm³/mol. The lowest BCUT2D eigenvalue weighted by Crippen LogP contribution is -2.39. The van der Waals surface area contributed by atoms with Gasteiger partial charge < -0.3 is 4.90 Å². The smallest absolute Gasteiger partial charge is 0.269 e.